The second-order valence-corrected chi connectivity index (χ2v) is 5.27. The lowest BCUT2D eigenvalue weighted by Gasteiger charge is -2.34. The van der Waals surface area contributed by atoms with Crippen molar-refractivity contribution in [3.8, 4) is 0 Å². The Morgan fingerprint density at radius 2 is 2.25 bits per heavy atom. The number of halogens is 1. The number of ether oxygens (including phenoxy) is 1. The molecule has 1 aromatic carbocycles. The summed E-state index contributed by atoms with van der Waals surface area (Å²) in [5.74, 6) is 0. The molecule has 0 N–H and O–H groups in total. The van der Waals surface area contributed by atoms with Crippen molar-refractivity contribution in [3.63, 3.8) is 0 Å². The quantitative estimate of drug-likeness (QED) is 0.456. The Hall–Kier alpha value is -1.62. The number of likely N-dealkylation sites (N-methyl/N-ethyl adjacent to an activating group) is 1. The molecule has 0 bridgehead atoms. The van der Waals surface area contributed by atoms with Gasteiger partial charge in [-0.05, 0) is 18.1 Å². The second-order valence-electron chi connectivity index (χ2n) is 5.27. The van der Waals surface area contributed by atoms with Crippen LogP contribution in [0.2, 0.25) is 0 Å². The van der Waals surface area contributed by atoms with Crippen molar-refractivity contribution in [2.45, 2.75) is 24.7 Å². The molecule has 1 saturated heterocycles. The predicted octanol–water partition coefficient (Wildman–Crippen LogP) is 2.93. The summed E-state index contributed by atoms with van der Waals surface area (Å²) in [7, 11) is 1.85. The molecule has 1 unspecified atom stereocenters. The number of hydrogen-bond donors (Lipinski definition) is 0. The minimum Gasteiger partial charge on any atom is -0.375 e. The molecular weight excluding hydrogens is 259 g/mol. The van der Waals surface area contributed by atoms with E-state index in [1.54, 1.807) is 0 Å². The third-order valence-electron chi connectivity index (χ3n) is 3.79. The average molecular weight is 278 g/mol. The zero-order chi connectivity index (χ0) is 14.4. The molecule has 1 aliphatic heterocycles. The highest BCUT2D eigenvalue weighted by atomic mass is 19.1. The fraction of sp³-hybridized carbons (Fsp3) is 0.571. The highest BCUT2D eigenvalue weighted by Crippen LogP contribution is 2.31. The average Bonchev–Trinajstić information content (AvgIpc) is 2.72. The number of rotatable bonds is 6. The smallest absolute Gasteiger partial charge is 0.115 e. The molecule has 1 aliphatic rings. The van der Waals surface area contributed by atoms with Gasteiger partial charge < -0.3 is 4.74 Å². The van der Waals surface area contributed by atoms with Crippen LogP contribution in [0, 0.1) is 0 Å². The highest BCUT2D eigenvalue weighted by molar-refractivity contribution is 5.13. The lowest BCUT2D eigenvalue weighted by molar-refractivity contribution is 0.0215. The summed E-state index contributed by atoms with van der Waals surface area (Å²) in [6.07, 6.45) is -0.550. The van der Waals surface area contributed by atoms with Crippen molar-refractivity contribution in [3.05, 3.63) is 46.3 Å². The third-order valence-corrected chi connectivity index (χ3v) is 3.79. The van der Waals surface area contributed by atoms with Gasteiger partial charge in [0.1, 0.15) is 6.17 Å². The molecule has 2 atom stereocenters. The van der Waals surface area contributed by atoms with Crippen molar-refractivity contribution >= 4 is 0 Å². The van der Waals surface area contributed by atoms with E-state index in [1.165, 1.54) is 0 Å². The molecule has 0 amide bonds. The van der Waals surface area contributed by atoms with E-state index >= 15 is 0 Å². The molecule has 20 heavy (non-hydrogen) atoms. The number of alkyl halides is 1. The Morgan fingerprint density at radius 3 is 2.85 bits per heavy atom. The van der Waals surface area contributed by atoms with Gasteiger partial charge in [0.05, 0.1) is 18.8 Å². The lowest BCUT2D eigenvalue weighted by atomic mass is 9.97. The molecule has 0 saturated carbocycles. The number of benzene rings is 1. The molecule has 0 spiro atoms. The maximum Gasteiger partial charge on any atom is 0.115 e. The standard InChI is InChI=1S/C14H19FN4O/c1-19-8-13(15)7-14(19,10-17-18-16)11-20-9-12-5-3-2-4-6-12/h2-6,13H,7-11H2,1H3/t13-,14?/m1/s1. The van der Waals surface area contributed by atoms with Crippen LogP contribution in [0.1, 0.15) is 12.0 Å². The van der Waals surface area contributed by atoms with Gasteiger partial charge in [-0.3, -0.25) is 4.90 Å². The van der Waals surface area contributed by atoms with E-state index in [0.717, 1.165) is 5.56 Å². The van der Waals surface area contributed by atoms with Crippen LogP contribution < -0.4 is 0 Å². The van der Waals surface area contributed by atoms with E-state index in [-0.39, 0.29) is 6.54 Å². The van der Waals surface area contributed by atoms with Crippen LogP contribution >= 0.6 is 0 Å². The topological polar surface area (TPSA) is 61.2 Å². The maximum absolute atomic E-state index is 13.6. The van der Waals surface area contributed by atoms with Crippen LogP contribution in [0.4, 0.5) is 4.39 Å². The fourth-order valence-electron chi connectivity index (χ4n) is 2.62. The molecule has 0 radical (unpaired) electrons. The van der Waals surface area contributed by atoms with Gasteiger partial charge in [-0.25, -0.2) is 4.39 Å². The largest absolute Gasteiger partial charge is 0.375 e. The summed E-state index contributed by atoms with van der Waals surface area (Å²) >= 11 is 0. The van der Waals surface area contributed by atoms with Gasteiger partial charge >= 0.3 is 0 Å². The van der Waals surface area contributed by atoms with Crippen molar-refractivity contribution in [2.75, 3.05) is 26.7 Å². The molecule has 5 nitrogen and oxygen atoms in total. The molecule has 0 aliphatic carbocycles. The summed E-state index contributed by atoms with van der Waals surface area (Å²) in [6, 6.07) is 9.82. The van der Waals surface area contributed by atoms with Gasteiger partial charge in [0.25, 0.3) is 0 Å². The molecule has 0 aromatic heterocycles. The van der Waals surface area contributed by atoms with Crippen molar-refractivity contribution < 1.29 is 9.13 Å². The minimum absolute atomic E-state index is 0.231. The Balaban J connectivity index is 1.96. The van der Waals surface area contributed by atoms with Crippen LogP contribution in [0.25, 0.3) is 10.4 Å². The van der Waals surface area contributed by atoms with E-state index in [9.17, 15) is 4.39 Å². The zero-order valence-electron chi connectivity index (χ0n) is 11.6. The van der Waals surface area contributed by atoms with Crippen LogP contribution in [-0.4, -0.2) is 43.4 Å². The summed E-state index contributed by atoms with van der Waals surface area (Å²) in [5.41, 5.74) is 9.05. The Kier molecular flexibility index (Phi) is 4.95. The van der Waals surface area contributed by atoms with Gasteiger partial charge in [-0.2, -0.15) is 0 Å². The summed E-state index contributed by atoms with van der Waals surface area (Å²) in [5, 5.41) is 3.63. The monoisotopic (exact) mass is 278 g/mol. The third kappa shape index (κ3) is 3.48. The molecule has 6 heteroatoms. The Labute approximate surface area is 118 Å². The molecule has 2 rings (SSSR count). The number of azide groups is 1. The van der Waals surface area contributed by atoms with Crippen molar-refractivity contribution in [1.82, 2.24) is 4.90 Å². The maximum atomic E-state index is 13.6. The van der Waals surface area contributed by atoms with E-state index in [0.29, 0.717) is 26.2 Å². The van der Waals surface area contributed by atoms with Crippen molar-refractivity contribution in [1.29, 1.82) is 0 Å². The number of nitrogens with zero attached hydrogens (tertiary/aromatic N) is 4. The normalized spacial score (nSPS) is 26.4. The molecule has 1 fully saturated rings. The van der Waals surface area contributed by atoms with Gasteiger partial charge in [0.15, 0.2) is 0 Å². The molecular formula is C14H19FN4O. The SMILES string of the molecule is CN1C[C@H](F)CC1(CN=[N+]=[N-])COCc1ccccc1. The number of likely N-dealkylation sites (tertiary alicyclic amines) is 1. The first kappa shape index (κ1) is 14.8. The zero-order valence-corrected chi connectivity index (χ0v) is 11.6. The van der Waals surface area contributed by atoms with Crippen LogP contribution in [0.15, 0.2) is 35.4 Å². The highest BCUT2D eigenvalue weighted by Gasteiger charge is 2.43. The minimum atomic E-state index is -0.894. The van der Waals surface area contributed by atoms with Crippen LogP contribution in [0.3, 0.4) is 0 Å². The van der Waals surface area contributed by atoms with E-state index < -0.39 is 11.7 Å². The first-order chi connectivity index (χ1) is 9.66. The Morgan fingerprint density at radius 1 is 1.50 bits per heavy atom. The van der Waals surface area contributed by atoms with Gasteiger partial charge in [-0.15, -0.1) is 0 Å². The summed E-state index contributed by atoms with van der Waals surface area (Å²) < 4.78 is 19.3. The van der Waals surface area contributed by atoms with Crippen molar-refractivity contribution in [2.24, 2.45) is 5.11 Å². The van der Waals surface area contributed by atoms with Crippen LogP contribution in [0.5, 0.6) is 0 Å². The predicted molar refractivity (Wildman–Crippen MR) is 75.0 cm³/mol. The first-order valence-corrected chi connectivity index (χ1v) is 6.64. The number of hydrogen-bond acceptors (Lipinski definition) is 3. The van der Waals surface area contributed by atoms with E-state index in [1.807, 2.05) is 42.3 Å². The first-order valence-electron chi connectivity index (χ1n) is 6.64. The fourth-order valence-corrected chi connectivity index (χ4v) is 2.62. The van der Waals surface area contributed by atoms with E-state index in [2.05, 4.69) is 10.0 Å². The summed E-state index contributed by atoms with van der Waals surface area (Å²) in [4.78, 5) is 4.69. The Bertz CT molecular complexity index is 477. The van der Waals surface area contributed by atoms with Gasteiger partial charge in [0.2, 0.25) is 0 Å². The van der Waals surface area contributed by atoms with Crippen LogP contribution in [-0.2, 0) is 11.3 Å². The molecule has 108 valence electrons. The van der Waals surface area contributed by atoms with Gasteiger partial charge in [-0.1, -0.05) is 35.4 Å². The second kappa shape index (κ2) is 6.70. The van der Waals surface area contributed by atoms with E-state index in [4.69, 9.17) is 10.3 Å². The lowest BCUT2D eigenvalue weighted by Crippen LogP contribution is -2.48. The van der Waals surface area contributed by atoms with Gasteiger partial charge in [0, 0.05) is 24.4 Å². The molecule has 1 aromatic rings. The summed E-state index contributed by atoms with van der Waals surface area (Å²) in [6.45, 7) is 1.42. The molecule has 1 heterocycles.